The lowest BCUT2D eigenvalue weighted by Crippen LogP contribution is -2.55. The van der Waals surface area contributed by atoms with Crippen molar-refractivity contribution in [2.24, 2.45) is 0 Å². The standard InChI is InChI=1S/C11H20N2O3/c1-12-3-2-11(9-12,8-10(14)15)13-4-6-16-7-5-13/h2-9H2,1H3,(H,14,15). The minimum absolute atomic E-state index is 0.162. The van der Waals surface area contributed by atoms with Gasteiger partial charge in [0, 0.05) is 25.2 Å². The molecule has 0 aromatic rings. The number of ether oxygens (including phenoxy) is 1. The summed E-state index contributed by atoms with van der Waals surface area (Å²) >= 11 is 0. The van der Waals surface area contributed by atoms with Crippen LogP contribution in [0.2, 0.25) is 0 Å². The van der Waals surface area contributed by atoms with Crippen molar-refractivity contribution in [3.05, 3.63) is 0 Å². The molecule has 2 heterocycles. The first-order chi connectivity index (χ1) is 7.62. The van der Waals surface area contributed by atoms with Crippen molar-refractivity contribution in [3.8, 4) is 0 Å². The van der Waals surface area contributed by atoms with E-state index in [0.717, 1.165) is 45.8 Å². The minimum Gasteiger partial charge on any atom is -0.481 e. The second kappa shape index (κ2) is 4.69. The van der Waals surface area contributed by atoms with Gasteiger partial charge in [-0.15, -0.1) is 0 Å². The fourth-order valence-corrected chi connectivity index (χ4v) is 2.89. The van der Waals surface area contributed by atoms with E-state index < -0.39 is 5.97 Å². The van der Waals surface area contributed by atoms with Crippen molar-refractivity contribution in [2.45, 2.75) is 18.4 Å². The molecule has 1 unspecified atom stereocenters. The van der Waals surface area contributed by atoms with Gasteiger partial charge < -0.3 is 14.7 Å². The van der Waals surface area contributed by atoms with E-state index in [4.69, 9.17) is 9.84 Å². The van der Waals surface area contributed by atoms with E-state index in [1.54, 1.807) is 0 Å². The summed E-state index contributed by atoms with van der Waals surface area (Å²) in [4.78, 5) is 15.6. The summed E-state index contributed by atoms with van der Waals surface area (Å²) in [5, 5.41) is 9.08. The number of likely N-dealkylation sites (tertiary alicyclic amines) is 1. The molecule has 16 heavy (non-hydrogen) atoms. The largest absolute Gasteiger partial charge is 0.481 e. The van der Waals surface area contributed by atoms with Crippen LogP contribution in [0.5, 0.6) is 0 Å². The van der Waals surface area contributed by atoms with Crippen LogP contribution in [0.25, 0.3) is 0 Å². The second-order valence-corrected chi connectivity index (χ2v) is 4.88. The Morgan fingerprint density at radius 2 is 2.06 bits per heavy atom. The molecular weight excluding hydrogens is 208 g/mol. The molecule has 92 valence electrons. The Labute approximate surface area is 96.0 Å². The summed E-state index contributed by atoms with van der Waals surface area (Å²) < 4.78 is 5.33. The average Bonchev–Trinajstić information content (AvgIpc) is 2.62. The molecule has 0 radical (unpaired) electrons. The zero-order chi connectivity index (χ0) is 11.6. The lowest BCUT2D eigenvalue weighted by atomic mass is 9.91. The monoisotopic (exact) mass is 228 g/mol. The van der Waals surface area contributed by atoms with E-state index in [9.17, 15) is 4.79 Å². The maximum absolute atomic E-state index is 11.0. The molecule has 2 aliphatic heterocycles. The van der Waals surface area contributed by atoms with E-state index in [-0.39, 0.29) is 12.0 Å². The molecule has 0 bridgehead atoms. The Morgan fingerprint density at radius 3 is 2.56 bits per heavy atom. The molecule has 0 aromatic heterocycles. The highest BCUT2D eigenvalue weighted by molar-refractivity contribution is 5.68. The third-order valence-electron chi connectivity index (χ3n) is 3.69. The second-order valence-electron chi connectivity index (χ2n) is 4.88. The van der Waals surface area contributed by atoms with Crippen molar-refractivity contribution in [1.29, 1.82) is 0 Å². The fraction of sp³-hybridized carbons (Fsp3) is 0.909. The molecule has 2 fully saturated rings. The summed E-state index contributed by atoms with van der Waals surface area (Å²) in [7, 11) is 2.06. The van der Waals surface area contributed by atoms with Gasteiger partial charge in [-0.05, 0) is 20.0 Å². The van der Waals surface area contributed by atoms with Gasteiger partial charge in [0.05, 0.1) is 19.6 Å². The normalized spacial score (nSPS) is 33.1. The van der Waals surface area contributed by atoms with Crippen LogP contribution in [0.3, 0.4) is 0 Å². The molecule has 2 saturated heterocycles. The van der Waals surface area contributed by atoms with Crippen molar-refractivity contribution in [2.75, 3.05) is 46.4 Å². The third kappa shape index (κ3) is 2.36. The number of carbonyl (C=O) groups is 1. The van der Waals surface area contributed by atoms with Crippen LogP contribution in [0.15, 0.2) is 0 Å². The highest BCUT2D eigenvalue weighted by Crippen LogP contribution is 2.31. The lowest BCUT2D eigenvalue weighted by molar-refractivity contribution is -0.141. The van der Waals surface area contributed by atoms with E-state index in [0.29, 0.717) is 0 Å². The van der Waals surface area contributed by atoms with Crippen LogP contribution in [0.4, 0.5) is 0 Å². The smallest absolute Gasteiger partial charge is 0.305 e. The number of likely N-dealkylation sites (N-methyl/N-ethyl adjacent to an activating group) is 1. The zero-order valence-corrected chi connectivity index (χ0v) is 9.81. The first kappa shape index (κ1) is 11.8. The quantitative estimate of drug-likeness (QED) is 0.729. The summed E-state index contributed by atoms with van der Waals surface area (Å²) in [5.74, 6) is -0.693. The summed E-state index contributed by atoms with van der Waals surface area (Å²) in [5.41, 5.74) is -0.162. The molecule has 0 amide bonds. The molecule has 0 aliphatic carbocycles. The number of aliphatic carboxylic acids is 1. The number of rotatable bonds is 3. The predicted molar refractivity (Wildman–Crippen MR) is 59.5 cm³/mol. The maximum atomic E-state index is 11.0. The fourth-order valence-electron chi connectivity index (χ4n) is 2.89. The van der Waals surface area contributed by atoms with E-state index in [2.05, 4.69) is 16.8 Å². The van der Waals surface area contributed by atoms with Gasteiger partial charge in [0.1, 0.15) is 0 Å². The van der Waals surface area contributed by atoms with Crippen molar-refractivity contribution >= 4 is 5.97 Å². The average molecular weight is 228 g/mol. The van der Waals surface area contributed by atoms with Crippen LogP contribution < -0.4 is 0 Å². The van der Waals surface area contributed by atoms with Crippen LogP contribution >= 0.6 is 0 Å². The van der Waals surface area contributed by atoms with Gasteiger partial charge in [-0.1, -0.05) is 0 Å². The Bertz CT molecular complexity index is 266. The van der Waals surface area contributed by atoms with E-state index in [1.807, 2.05) is 0 Å². The zero-order valence-electron chi connectivity index (χ0n) is 9.81. The number of morpholine rings is 1. The molecule has 0 saturated carbocycles. The van der Waals surface area contributed by atoms with Crippen LogP contribution in [0, 0.1) is 0 Å². The van der Waals surface area contributed by atoms with Crippen LogP contribution in [0.1, 0.15) is 12.8 Å². The molecule has 5 heteroatoms. The molecule has 2 aliphatic rings. The van der Waals surface area contributed by atoms with Gasteiger partial charge in [-0.3, -0.25) is 9.69 Å². The minimum atomic E-state index is -0.693. The van der Waals surface area contributed by atoms with Gasteiger partial charge in [0.15, 0.2) is 0 Å². The van der Waals surface area contributed by atoms with Gasteiger partial charge in [0.25, 0.3) is 0 Å². The van der Waals surface area contributed by atoms with Crippen molar-refractivity contribution in [1.82, 2.24) is 9.80 Å². The van der Waals surface area contributed by atoms with Crippen molar-refractivity contribution in [3.63, 3.8) is 0 Å². The first-order valence-corrected chi connectivity index (χ1v) is 5.86. The first-order valence-electron chi connectivity index (χ1n) is 5.86. The van der Waals surface area contributed by atoms with Crippen LogP contribution in [-0.4, -0.2) is 72.9 Å². The highest BCUT2D eigenvalue weighted by Gasteiger charge is 2.43. The lowest BCUT2D eigenvalue weighted by Gasteiger charge is -2.42. The number of hydrogen-bond donors (Lipinski definition) is 1. The Hall–Kier alpha value is -0.650. The Morgan fingerprint density at radius 1 is 1.38 bits per heavy atom. The third-order valence-corrected chi connectivity index (χ3v) is 3.69. The molecule has 0 spiro atoms. The number of carboxylic acids is 1. The SMILES string of the molecule is CN1CCC(CC(=O)O)(N2CCOCC2)C1. The topological polar surface area (TPSA) is 53.0 Å². The summed E-state index contributed by atoms with van der Waals surface area (Å²) in [6.45, 7) is 5.03. The van der Waals surface area contributed by atoms with E-state index >= 15 is 0 Å². The van der Waals surface area contributed by atoms with Crippen LogP contribution in [-0.2, 0) is 9.53 Å². The van der Waals surface area contributed by atoms with Crippen molar-refractivity contribution < 1.29 is 14.6 Å². The summed E-state index contributed by atoms with van der Waals surface area (Å²) in [6, 6.07) is 0. The van der Waals surface area contributed by atoms with Gasteiger partial charge in [0.2, 0.25) is 0 Å². The highest BCUT2D eigenvalue weighted by atomic mass is 16.5. The molecule has 1 N–H and O–H groups in total. The Kier molecular flexibility index (Phi) is 3.47. The van der Waals surface area contributed by atoms with E-state index in [1.165, 1.54) is 0 Å². The maximum Gasteiger partial charge on any atom is 0.305 e. The predicted octanol–water partition coefficient (Wildman–Crippen LogP) is -0.132. The Balaban J connectivity index is 2.09. The number of nitrogens with zero attached hydrogens (tertiary/aromatic N) is 2. The number of carboxylic acid groups (broad SMARTS) is 1. The molecule has 0 aromatic carbocycles. The molecule has 1 atom stereocenters. The summed E-state index contributed by atoms with van der Waals surface area (Å²) in [6.07, 6.45) is 1.20. The van der Waals surface area contributed by atoms with Gasteiger partial charge in [-0.25, -0.2) is 0 Å². The number of hydrogen-bond acceptors (Lipinski definition) is 4. The molecule has 5 nitrogen and oxygen atoms in total. The molecular formula is C11H20N2O3. The van der Waals surface area contributed by atoms with Gasteiger partial charge >= 0.3 is 5.97 Å². The van der Waals surface area contributed by atoms with Gasteiger partial charge in [-0.2, -0.15) is 0 Å². The molecule has 2 rings (SSSR count).